The lowest BCUT2D eigenvalue weighted by molar-refractivity contribution is -0.167. The van der Waals surface area contributed by atoms with Crippen LogP contribution in [0, 0.1) is 34.5 Å². The normalized spacial score (nSPS) is 13.2. The van der Waals surface area contributed by atoms with E-state index in [-0.39, 0.29) is 28.9 Å². The van der Waals surface area contributed by atoms with Gasteiger partial charge in [-0.1, -0.05) is 49.7 Å². The smallest absolute Gasteiger partial charge is 0.405 e. The molecule has 0 aliphatic rings. The molecule has 3 atom stereocenters. The summed E-state index contributed by atoms with van der Waals surface area (Å²) in [5.41, 5.74) is 0.739. The molecule has 0 fully saturated rings. The third-order valence-electron chi connectivity index (χ3n) is 7.71. The molecule has 0 aliphatic heterocycles. The van der Waals surface area contributed by atoms with Crippen LogP contribution < -0.4 is 20.1 Å². The number of nitrogens with zero attached hydrogens (tertiary/aromatic N) is 2. The minimum absolute atomic E-state index is 0.0402. The zero-order chi connectivity index (χ0) is 38.8. The van der Waals surface area contributed by atoms with Crippen LogP contribution in [0.2, 0.25) is 5.02 Å². The highest BCUT2D eigenvalue weighted by atomic mass is 35.5. The Kier molecular flexibility index (Phi) is 13.8. The number of alkyl halides is 5. The Morgan fingerprint density at radius 1 is 0.885 bits per heavy atom. The number of hydrogen-bond donors (Lipinski definition) is 2. The molecule has 3 rings (SSSR count). The number of amides is 2. The van der Waals surface area contributed by atoms with Gasteiger partial charge in [0.05, 0.1) is 30.4 Å². The van der Waals surface area contributed by atoms with Crippen LogP contribution in [-0.4, -0.2) is 55.2 Å². The third kappa shape index (κ3) is 11.2. The molecule has 10 nitrogen and oxygen atoms in total. The zero-order valence-electron chi connectivity index (χ0n) is 27.9. The summed E-state index contributed by atoms with van der Waals surface area (Å²) in [5, 5.41) is 22.7. The minimum atomic E-state index is -5.03. The van der Waals surface area contributed by atoms with Gasteiger partial charge in [-0.2, -0.15) is 32.5 Å². The van der Waals surface area contributed by atoms with Crippen LogP contribution >= 0.6 is 11.6 Å². The maximum Gasteiger partial charge on any atom is 0.405 e. The Morgan fingerprint density at radius 2 is 1.50 bits per heavy atom. The quantitative estimate of drug-likeness (QED) is 0.132. The predicted molar refractivity (Wildman–Crippen MR) is 176 cm³/mol. The van der Waals surface area contributed by atoms with E-state index in [2.05, 4.69) is 5.32 Å². The van der Waals surface area contributed by atoms with Crippen molar-refractivity contribution in [2.75, 3.05) is 13.7 Å². The molecule has 0 spiro atoms. The molecule has 0 radical (unpaired) electrons. The van der Waals surface area contributed by atoms with Gasteiger partial charge in [0.2, 0.25) is 5.78 Å². The maximum atomic E-state index is 14.9. The van der Waals surface area contributed by atoms with Crippen LogP contribution in [0.5, 0.6) is 11.5 Å². The van der Waals surface area contributed by atoms with Crippen molar-refractivity contribution in [2.45, 2.75) is 50.9 Å². The van der Waals surface area contributed by atoms with E-state index in [1.807, 2.05) is 12.1 Å². The van der Waals surface area contributed by atoms with Crippen molar-refractivity contribution in [3.8, 4) is 23.6 Å². The SMILES string of the molecule is COc1ccc([C@H](NC(=O)[C@@H](Cc2cccc(Cl)c2)Oc2cc(C#N)cc(C#N)c2)C(=O)C[C@H](C(=O)C(F)(F)C(=O)NCC(F)(F)F)C(C)C)cc1. The first-order valence-corrected chi connectivity index (χ1v) is 15.9. The van der Waals surface area contributed by atoms with E-state index in [1.54, 1.807) is 24.3 Å². The van der Waals surface area contributed by atoms with Crippen LogP contribution in [-0.2, 0) is 25.6 Å². The summed E-state index contributed by atoms with van der Waals surface area (Å²) < 4.78 is 78.7. The lowest BCUT2D eigenvalue weighted by Gasteiger charge is -2.27. The van der Waals surface area contributed by atoms with Gasteiger partial charge in [-0.25, -0.2) is 0 Å². The lowest BCUT2D eigenvalue weighted by atomic mass is 9.82. The van der Waals surface area contributed by atoms with Crippen molar-refractivity contribution < 1.29 is 50.6 Å². The van der Waals surface area contributed by atoms with Crippen LogP contribution in [0.1, 0.15) is 48.6 Å². The second kappa shape index (κ2) is 17.6. The highest BCUT2D eigenvalue weighted by Gasteiger charge is 2.52. The second-order valence-corrected chi connectivity index (χ2v) is 12.3. The van der Waals surface area contributed by atoms with Crippen molar-refractivity contribution in [1.29, 1.82) is 10.5 Å². The van der Waals surface area contributed by atoms with E-state index in [0.29, 0.717) is 16.3 Å². The average molecular weight is 747 g/mol. The van der Waals surface area contributed by atoms with Crippen molar-refractivity contribution >= 4 is 35.0 Å². The van der Waals surface area contributed by atoms with Gasteiger partial charge in [-0.05, 0) is 59.5 Å². The van der Waals surface area contributed by atoms with E-state index in [1.165, 1.54) is 63.4 Å². The average Bonchev–Trinajstić information content (AvgIpc) is 3.10. The number of nitrogens with one attached hydrogen (secondary N) is 2. The monoisotopic (exact) mass is 746 g/mol. The number of methoxy groups -OCH3 is 1. The number of nitriles is 2. The summed E-state index contributed by atoms with van der Waals surface area (Å²) in [4.78, 5) is 52.9. The van der Waals surface area contributed by atoms with Gasteiger partial charge >= 0.3 is 12.1 Å². The Hall–Kier alpha value is -5.54. The molecule has 16 heteroatoms. The molecule has 3 aromatic carbocycles. The van der Waals surface area contributed by atoms with E-state index in [9.17, 15) is 51.7 Å². The van der Waals surface area contributed by atoms with Gasteiger partial charge in [0.1, 0.15) is 24.1 Å². The molecule has 3 aromatic rings. The number of Topliss-reactive ketones (excluding diaryl/α,β-unsaturated/α-hetero) is 2. The fourth-order valence-corrected chi connectivity index (χ4v) is 5.22. The maximum absolute atomic E-state index is 14.9. The van der Waals surface area contributed by atoms with E-state index in [4.69, 9.17) is 21.1 Å². The summed E-state index contributed by atoms with van der Waals surface area (Å²) >= 11 is 6.14. The zero-order valence-corrected chi connectivity index (χ0v) is 28.6. The second-order valence-electron chi connectivity index (χ2n) is 11.9. The fraction of sp³-hybridized carbons (Fsp3) is 0.333. The highest BCUT2D eigenvalue weighted by molar-refractivity contribution is 6.30. The molecule has 0 saturated carbocycles. The molecule has 0 unspecified atom stereocenters. The molecule has 0 aliphatic carbocycles. The van der Waals surface area contributed by atoms with Gasteiger partial charge in [0.15, 0.2) is 11.9 Å². The Bertz CT molecular complexity index is 1840. The first-order chi connectivity index (χ1) is 24.4. The van der Waals surface area contributed by atoms with E-state index in [0.717, 1.165) is 5.32 Å². The van der Waals surface area contributed by atoms with Gasteiger partial charge in [0, 0.05) is 23.8 Å². The van der Waals surface area contributed by atoms with Crippen molar-refractivity contribution in [2.24, 2.45) is 11.8 Å². The molecule has 2 N–H and O–H groups in total. The number of hydrogen-bond acceptors (Lipinski definition) is 8. The third-order valence-corrected chi connectivity index (χ3v) is 7.95. The highest BCUT2D eigenvalue weighted by Crippen LogP contribution is 2.31. The van der Waals surface area contributed by atoms with Crippen LogP contribution in [0.4, 0.5) is 22.0 Å². The first kappa shape index (κ1) is 40.9. The van der Waals surface area contributed by atoms with Gasteiger partial charge in [-0.15, -0.1) is 0 Å². The molecule has 0 saturated heterocycles. The van der Waals surface area contributed by atoms with E-state index >= 15 is 0 Å². The van der Waals surface area contributed by atoms with Crippen LogP contribution in [0.3, 0.4) is 0 Å². The fourth-order valence-electron chi connectivity index (χ4n) is 5.01. The largest absolute Gasteiger partial charge is 0.497 e. The molecular weight excluding hydrogens is 715 g/mol. The molecule has 0 heterocycles. The first-order valence-electron chi connectivity index (χ1n) is 15.5. The molecule has 0 aromatic heterocycles. The predicted octanol–water partition coefficient (Wildman–Crippen LogP) is 6.05. The number of ketones is 2. The van der Waals surface area contributed by atoms with Crippen molar-refractivity contribution in [3.05, 3.63) is 94.0 Å². The van der Waals surface area contributed by atoms with Crippen LogP contribution in [0.25, 0.3) is 0 Å². The summed E-state index contributed by atoms with van der Waals surface area (Å²) in [7, 11) is 1.38. The number of benzene rings is 3. The number of rotatable bonds is 16. The molecule has 52 heavy (non-hydrogen) atoms. The standard InChI is InChI=1S/C36H32ClF5N4O6/c1-20(2)28(32(48)36(41,42)34(50)45-19-35(38,39)40)16-29(47)31(24-7-9-26(51-3)10-8-24)46-33(49)30(15-21-5-4-6-25(37)12-21)52-27-13-22(17-43)11-23(14-27)18-44/h4-14,20,28,30-31H,15-16,19H2,1-3H3,(H,45,50)(H,46,49)/t28-,30+,31-/m0/s1. The summed E-state index contributed by atoms with van der Waals surface area (Å²) in [6, 6.07) is 18.1. The number of halogens is 6. The molecule has 2 amide bonds. The van der Waals surface area contributed by atoms with Gasteiger partial charge in [-0.3, -0.25) is 19.2 Å². The number of carbonyl (C=O) groups excluding carboxylic acids is 4. The van der Waals surface area contributed by atoms with Crippen molar-refractivity contribution in [3.63, 3.8) is 0 Å². The Morgan fingerprint density at radius 3 is 2.02 bits per heavy atom. The number of ether oxygens (including phenoxy) is 2. The summed E-state index contributed by atoms with van der Waals surface area (Å²) in [5.74, 6) is -13.9. The molecule has 274 valence electrons. The van der Waals surface area contributed by atoms with Gasteiger partial charge < -0.3 is 20.1 Å². The van der Waals surface area contributed by atoms with Gasteiger partial charge in [0.25, 0.3) is 11.8 Å². The summed E-state index contributed by atoms with van der Waals surface area (Å²) in [6.45, 7) is 0.503. The summed E-state index contributed by atoms with van der Waals surface area (Å²) in [6.07, 6.45) is -7.58. The lowest BCUT2D eigenvalue weighted by Crippen LogP contribution is -2.51. The topological polar surface area (TPSA) is 158 Å². The Balaban J connectivity index is 2.01. The van der Waals surface area contributed by atoms with E-state index < -0.39 is 72.4 Å². The Labute approximate surface area is 300 Å². The molecular formula is C36H32ClF5N4O6. The van der Waals surface area contributed by atoms with Crippen LogP contribution in [0.15, 0.2) is 66.7 Å². The minimum Gasteiger partial charge on any atom is -0.497 e. The van der Waals surface area contributed by atoms with Crippen molar-refractivity contribution in [1.82, 2.24) is 10.6 Å². The number of carbonyl (C=O) groups is 4. The molecule has 0 bridgehead atoms.